The molecule has 6 aromatic rings. The van der Waals surface area contributed by atoms with Gasteiger partial charge in [-0.2, -0.15) is 0 Å². The number of piperidine rings is 2. The largest absolute Gasteiger partial charge is 0.497 e. The fourth-order valence-electron chi connectivity index (χ4n) is 9.45. The zero-order chi connectivity index (χ0) is 52.5. The average molecular weight is 1030 g/mol. The van der Waals surface area contributed by atoms with E-state index in [1.54, 1.807) is 119 Å². The number of anilines is 4. The number of halogens is 1. The van der Waals surface area contributed by atoms with Crippen molar-refractivity contribution in [1.29, 1.82) is 0 Å². The highest BCUT2D eigenvalue weighted by molar-refractivity contribution is 6.32. The third-order valence-electron chi connectivity index (χ3n) is 13.1. The van der Waals surface area contributed by atoms with Crippen LogP contribution in [0.4, 0.5) is 22.7 Å². The third kappa shape index (κ3) is 11.2. The van der Waals surface area contributed by atoms with Gasteiger partial charge in [-0.1, -0.05) is 29.8 Å². The minimum atomic E-state index is -0.594. The number of nitrogens with zero attached hydrogens (tertiary/aromatic N) is 2. The zero-order valence-corrected chi connectivity index (χ0v) is 42.7. The molecule has 6 aromatic carbocycles. The van der Waals surface area contributed by atoms with Crippen LogP contribution in [0.1, 0.15) is 48.9 Å². The van der Waals surface area contributed by atoms with Gasteiger partial charge in [0.1, 0.15) is 17.2 Å². The van der Waals surface area contributed by atoms with Gasteiger partial charge in [0.05, 0.1) is 78.7 Å². The van der Waals surface area contributed by atoms with Crippen LogP contribution < -0.4 is 63.1 Å². The maximum Gasteiger partial charge on any atom is 0.231 e. The molecule has 2 fully saturated rings. The lowest BCUT2D eigenvalue weighted by molar-refractivity contribution is -0.127. The van der Waals surface area contributed by atoms with Crippen molar-refractivity contribution in [1.82, 2.24) is 0 Å². The second kappa shape index (κ2) is 23.5. The first-order chi connectivity index (χ1) is 35.9. The minimum Gasteiger partial charge on any atom is -0.497 e. The van der Waals surface area contributed by atoms with Gasteiger partial charge in [0, 0.05) is 47.7 Å². The molecule has 3 aliphatic rings. The Kier molecular flexibility index (Phi) is 16.5. The summed E-state index contributed by atoms with van der Waals surface area (Å²) >= 11 is 6.27. The normalized spacial score (nSPS) is 17.8. The summed E-state index contributed by atoms with van der Waals surface area (Å²) in [5, 5.41) is 6.36. The van der Waals surface area contributed by atoms with Gasteiger partial charge < -0.3 is 63.1 Å². The van der Waals surface area contributed by atoms with Crippen LogP contribution >= 0.6 is 11.6 Å². The predicted molar refractivity (Wildman–Crippen MR) is 279 cm³/mol. The first-order valence-electron chi connectivity index (χ1n) is 23.6. The van der Waals surface area contributed by atoms with Gasteiger partial charge in [-0.15, -0.1) is 0 Å². The number of hydrogen-bond donors (Lipinski definition) is 2. The van der Waals surface area contributed by atoms with Crippen LogP contribution in [0, 0.1) is 11.8 Å². The smallest absolute Gasteiger partial charge is 0.231 e. The predicted octanol–water partition coefficient (Wildman–Crippen LogP) is 10.1. The highest BCUT2D eigenvalue weighted by Crippen LogP contribution is 2.46. The molecule has 2 saturated heterocycles. The Morgan fingerprint density at radius 1 is 0.486 bits per heavy atom. The van der Waals surface area contributed by atoms with E-state index in [0.29, 0.717) is 92.4 Å². The van der Waals surface area contributed by atoms with Crippen LogP contribution in [0.3, 0.4) is 0 Å². The molecule has 0 spiro atoms. The van der Waals surface area contributed by atoms with E-state index < -0.39 is 23.9 Å². The van der Waals surface area contributed by atoms with E-state index in [9.17, 15) is 19.2 Å². The molecule has 0 aromatic heterocycles. The molecule has 4 unspecified atom stereocenters. The molecule has 74 heavy (non-hydrogen) atoms. The number of benzene rings is 6. The summed E-state index contributed by atoms with van der Waals surface area (Å²) < 4.78 is 48.4. The molecule has 0 aliphatic carbocycles. The summed E-state index contributed by atoms with van der Waals surface area (Å²) in [4.78, 5) is 57.4. The van der Waals surface area contributed by atoms with Crippen LogP contribution in [0.25, 0.3) is 0 Å². The molecule has 9 rings (SSSR count). The van der Waals surface area contributed by atoms with Crippen molar-refractivity contribution in [2.75, 3.05) is 77.0 Å². The molecule has 4 amide bonds. The van der Waals surface area contributed by atoms with Crippen LogP contribution in [-0.4, -0.2) is 80.2 Å². The first-order valence-corrected chi connectivity index (χ1v) is 24.0. The number of ether oxygens (including phenoxy) is 9. The molecule has 17 nitrogen and oxygen atoms in total. The van der Waals surface area contributed by atoms with Crippen LogP contribution in [0.2, 0.25) is 5.02 Å². The first kappa shape index (κ1) is 52.0. The topological polar surface area (TPSA) is 182 Å². The van der Waals surface area contributed by atoms with Gasteiger partial charge in [-0.3, -0.25) is 19.2 Å². The molecule has 0 bridgehead atoms. The molecule has 386 valence electrons. The maximum atomic E-state index is 13.7. The summed E-state index contributed by atoms with van der Waals surface area (Å²) in [7, 11) is 10.9. The minimum absolute atomic E-state index is 0.0742. The summed E-state index contributed by atoms with van der Waals surface area (Å²) in [6.07, 6.45) is 1.22. The fourth-order valence-corrected chi connectivity index (χ4v) is 9.71. The Morgan fingerprint density at radius 2 is 0.946 bits per heavy atom. The molecule has 18 heteroatoms. The van der Waals surface area contributed by atoms with E-state index in [1.807, 2.05) is 54.6 Å². The quantitative estimate of drug-likeness (QED) is 0.0993. The van der Waals surface area contributed by atoms with Gasteiger partial charge in [0.15, 0.2) is 34.5 Å². The molecule has 3 heterocycles. The Bertz CT molecular complexity index is 2990. The highest BCUT2D eigenvalue weighted by atomic mass is 35.5. The van der Waals surface area contributed by atoms with Crippen molar-refractivity contribution in [3.8, 4) is 51.7 Å². The lowest BCUT2D eigenvalue weighted by Crippen LogP contribution is -2.47. The number of hydrogen-bond acceptors (Lipinski definition) is 13. The summed E-state index contributed by atoms with van der Waals surface area (Å²) in [6.45, 7) is 0.130. The Balaban J connectivity index is 0.000000197. The number of rotatable bonds is 15. The van der Waals surface area contributed by atoms with Gasteiger partial charge in [0.25, 0.3) is 0 Å². The van der Waals surface area contributed by atoms with Crippen molar-refractivity contribution in [2.24, 2.45) is 11.8 Å². The van der Waals surface area contributed by atoms with E-state index in [2.05, 4.69) is 10.6 Å². The lowest BCUT2D eigenvalue weighted by atomic mass is 9.83. The number of carbonyl (C=O) groups excluding carboxylic acids is 4. The summed E-state index contributed by atoms with van der Waals surface area (Å²) in [5.41, 5.74) is 3.97. The molecule has 0 radical (unpaired) electrons. The molecule has 3 aliphatic heterocycles. The number of nitrogens with one attached hydrogen (secondary N) is 2. The Hall–Kier alpha value is -8.31. The Morgan fingerprint density at radius 3 is 1.50 bits per heavy atom. The molecular formula is C56H57ClN4O13. The number of amides is 4. The van der Waals surface area contributed by atoms with Gasteiger partial charge in [-0.05, 0) is 115 Å². The van der Waals surface area contributed by atoms with Crippen molar-refractivity contribution >= 4 is 58.0 Å². The second-order valence-electron chi connectivity index (χ2n) is 17.2. The standard InChI is InChI=1S/C28H29ClN2O6.C28H28N2O7/c1-34-20-9-7-19(8-10-20)31-26(32)14-11-21(27(31)17-5-12-24(36-3)25(15-17)37-4)28(33)30-18-6-13-23(35-2)22(29)16-18;1-33-20-8-4-17(5-9-20)27-21(28(32)29-18-6-11-22(34-2)24(14-18)35-3)10-13-26(31)30(27)19-7-12-23-25(15-19)37-16-36-23/h5-10,12-13,15-16,21,27H,11,14H2,1-4H3,(H,30,33);4-9,11-12,14-15,21,27H,10,13,16H2,1-3H3,(H,29,32). The van der Waals surface area contributed by atoms with E-state index in [-0.39, 0.29) is 43.3 Å². The highest BCUT2D eigenvalue weighted by Gasteiger charge is 2.43. The monoisotopic (exact) mass is 1030 g/mol. The van der Waals surface area contributed by atoms with Gasteiger partial charge >= 0.3 is 0 Å². The van der Waals surface area contributed by atoms with Crippen molar-refractivity contribution < 1.29 is 61.8 Å². The number of carbonyl (C=O) groups is 4. The third-order valence-corrected chi connectivity index (χ3v) is 13.4. The average Bonchev–Trinajstić information content (AvgIpc) is 3.91. The van der Waals surface area contributed by atoms with Crippen molar-refractivity contribution in [3.05, 3.63) is 137 Å². The van der Waals surface area contributed by atoms with Crippen LogP contribution in [0.15, 0.2) is 121 Å². The van der Waals surface area contributed by atoms with Crippen LogP contribution in [-0.2, 0) is 19.2 Å². The number of methoxy groups -OCH3 is 7. The maximum absolute atomic E-state index is 13.7. The Labute approximate surface area is 434 Å². The SMILES string of the molecule is COc1ccc(C2C(C(=O)Nc3ccc(OC)c(OC)c3)CCC(=O)N2c2ccc3c(c2)OCO3)cc1.COc1ccc(N2C(=O)CCC(C(=O)Nc3ccc(OC)c(Cl)c3)C2c2ccc(OC)c(OC)c2)cc1. The molecule has 2 N–H and O–H groups in total. The van der Waals surface area contributed by atoms with Crippen molar-refractivity contribution in [2.45, 2.75) is 37.8 Å². The fraction of sp³-hybridized carbons (Fsp3) is 0.286. The van der Waals surface area contributed by atoms with Crippen LogP contribution in [0.5, 0.6) is 51.7 Å². The van der Waals surface area contributed by atoms with Gasteiger partial charge in [-0.25, -0.2) is 0 Å². The van der Waals surface area contributed by atoms with E-state index >= 15 is 0 Å². The summed E-state index contributed by atoms with van der Waals surface area (Å²) in [5.74, 6) is 3.52. The van der Waals surface area contributed by atoms with E-state index in [4.69, 9.17) is 54.2 Å². The van der Waals surface area contributed by atoms with E-state index in [1.165, 1.54) is 7.11 Å². The molecular weight excluding hydrogens is 972 g/mol. The second-order valence-corrected chi connectivity index (χ2v) is 17.6. The summed E-state index contributed by atoms with van der Waals surface area (Å²) in [6, 6.07) is 34.6. The van der Waals surface area contributed by atoms with Crippen molar-refractivity contribution in [3.63, 3.8) is 0 Å². The van der Waals surface area contributed by atoms with E-state index in [0.717, 1.165) is 11.1 Å². The molecule has 4 atom stereocenters. The lowest BCUT2D eigenvalue weighted by Gasteiger charge is -2.41. The zero-order valence-electron chi connectivity index (χ0n) is 42.0. The number of fused-ring (bicyclic) bond motifs is 1. The molecule has 0 saturated carbocycles. The van der Waals surface area contributed by atoms with Gasteiger partial charge in [0.2, 0.25) is 30.4 Å².